The van der Waals surface area contributed by atoms with Gasteiger partial charge in [0, 0.05) is 17.8 Å². The molecule has 4 aromatic rings. The molecule has 4 aromatic heterocycles. The van der Waals surface area contributed by atoms with Gasteiger partial charge in [-0.1, -0.05) is 11.6 Å². The van der Waals surface area contributed by atoms with Crippen molar-refractivity contribution in [1.29, 1.82) is 0 Å². The van der Waals surface area contributed by atoms with E-state index in [1.54, 1.807) is 10.6 Å². The topological polar surface area (TPSA) is 124 Å². The average molecular weight is 441 g/mol. The first-order chi connectivity index (χ1) is 15.0. The van der Waals surface area contributed by atoms with Gasteiger partial charge in [0.1, 0.15) is 34.7 Å². The molecule has 1 spiro atoms. The van der Waals surface area contributed by atoms with Crippen LogP contribution in [0.4, 0.5) is 5.82 Å². The predicted octanol–water partition coefficient (Wildman–Crippen LogP) is 2.13. The van der Waals surface area contributed by atoms with Gasteiger partial charge >= 0.3 is 0 Å². The Morgan fingerprint density at radius 2 is 2.03 bits per heavy atom. The molecule has 0 aromatic carbocycles. The van der Waals surface area contributed by atoms with E-state index >= 15 is 0 Å². The monoisotopic (exact) mass is 440 g/mol. The first-order valence-corrected chi connectivity index (χ1v) is 10.5. The van der Waals surface area contributed by atoms with Crippen LogP contribution in [0.25, 0.3) is 16.7 Å². The number of halogens is 1. The van der Waals surface area contributed by atoms with Crippen LogP contribution in [0, 0.1) is 5.41 Å². The van der Waals surface area contributed by atoms with E-state index < -0.39 is 17.6 Å². The van der Waals surface area contributed by atoms with Gasteiger partial charge in [-0.2, -0.15) is 0 Å². The van der Waals surface area contributed by atoms with Gasteiger partial charge in [0.25, 0.3) is 0 Å². The number of ether oxygens (including phenoxy) is 1. The fourth-order valence-corrected chi connectivity index (χ4v) is 5.43. The molecule has 0 amide bonds. The van der Waals surface area contributed by atoms with Crippen LogP contribution in [0.15, 0.2) is 43.1 Å². The maximum absolute atomic E-state index is 11.0. The quantitative estimate of drug-likeness (QED) is 0.436. The molecule has 5 unspecified atom stereocenters. The molecule has 6 rings (SSSR count). The Bertz CT molecular complexity index is 1310. The maximum atomic E-state index is 11.0. The van der Waals surface area contributed by atoms with Crippen molar-refractivity contribution in [2.45, 2.75) is 37.2 Å². The molecular formula is C21H21ClN6O3. The van der Waals surface area contributed by atoms with E-state index in [4.69, 9.17) is 22.1 Å². The number of aliphatic hydroxyl groups excluding tert-OH is 2. The number of nitrogens with zero attached hydrogens (tertiary/aromatic N) is 5. The van der Waals surface area contributed by atoms with Gasteiger partial charge in [-0.25, -0.2) is 15.0 Å². The first-order valence-electron chi connectivity index (χ1n) is 10.1. The highest BCUT2D eigenvalue weighted by Crippen LogP contribution is 2.54. The number of hydrogen-bond acceptors (Lipinski definition) is 7. The Kier molecular flexibility index (Phi) is 4.07. The van der Waals surface area contributed by atoms with Crippen LogP contribution < -0.4 is 5.73 Å². The molecule has 4 N–H and O–H groups in total. The van der Waals surface area contributed by atoms with Gasteiger partial charge in [-0.05, 0) is 36.6 Å². The standard InChI is InChI=1S/C21H21ClN6O3/c22-15-8-24-16-5-11(1-3-28(15)16)14-7-21(9-31-14)6-13(17(29)18(21)30)27-4-2-12-19(23)25-10-26-20(12)27/h1-5,8,10,13-14,17-18,29-30H,6-7,9H2,(H2,23,25,26). The van der Waals surface area contributed by atoms with E-state index in [2.05, 4.69) is 15.0 Å². The van der Waals surface area contributed by atoms with E-state index in [0.29, 0.717) is 36.1 Å². The number of fused-ring (bicyclic) bond motifs is 2. The molecule has 0 bridgehead atoms. The lowest BCUT2D eigenvalue weighted by Gasteiger charge is -2.26. The van der Waals surface area contributed by atoms with Gasteiger partial charge in [-0.3, -0.25) is 4.40 Å². The van der Waals surface area contributed by atoms with Crippen molar-refractivity contribution < 1.29 is 14.9 Å². The number of aliphatic hydroxyl groups is 2. The maximum Gasteiger partial charge on any atom is 0.145 e. The second-order valence-electron chi connectivity index (χ2n) is 8.56. The summed E-state index contributed by atoms with van der Waals surface area (Å²) in [5, 5.41) is 23.3. The number of anilines is 1. The first kappa shape index (κ1) is 19.0. The lowest BCUT2D eigenvalue weighted by molar-refractivity contribution is -0.0309. The van der Waals surface area contributed by atoms with Crippen molar-refractivity contribution in [3.8, 4) is 0 Å². The van der Waals surface area contributed by atoms with Crippen LogP contribution in [-0.4, -0.2) is 52.9 Å². The van der Waals surface area contributed by atoms with Crippen molar-refractivity contribution in [2.75, 3.05) is 12.3 Å². The third kappa shape index (κ3) is 2.71. The zero-order chi connectivity index (χ0) is 21.3. The van der Waals surface area contributed by atoms with Crippen LogP contribution in [0.2, 0.25) is 5.15 Å². The number of hydrogen-bond donors (Lipinski definition) is 3. The highest BCUT2D eigenvalue weighted by atomic mass is 35.5. The van der Waals surface area contributed by atoms with Gasteiger partial charge in [0.2, 0.25) is 0 Å². The summed E-state index contributed by atoms with van der Waals surface area (Å²) in [6, 6.07) is 5.41. The second-order valence-corrected chi connectivity index (χ2v) is 8.95. The van der Waals surface area contributed by atoms with Gasteiger partial charge in [0.05, 0.1) is 36.4 Å². The van der Waals surface area contributed by atoms with Crippen LogP contribution in [0.3, 0.4) is 0 Å². The Balaban J connectivity index is 1.31. The average Bonchev–Trinajstić information content (AvgIpc) is 3.53. The van der Waals surface area contributed by atoms with Crippen molar-refractivity contribution >= 4 is 34.1 Å². The molecular weight excluding hydrogens is 420 g/mol. The number of nitrogens with two attached hydrogens (primary N) is 1. The van der Waals surface area contributed by atoms with Crippen molar-refractivity contribution in [3.05, 3.63) is 53.8 Å². The fraction of sp³-hybridized carbons (Fsp3) is 0.381. The third-order valence-electron chi connectivity index (χ3n) is 6.89. The molecule has 1 aliphatic heterocycles. The highest BCUT2D eigenvalue weighted by molar-refractivity contribution is 6.29. The summed E-state index contributed by atoms with van der Waals surface area (Å²) in [6.45, 7) is 0.364. The minimum Gasteiger partial charge on any atom is -0.390 e. The summed E-state index contributed by atoms with van der Waals surface area (Å²) in [5.74, 6) is 0.394. The minimum absolute atomic E-state index is 0.194. The number of pyridine rings is 1. The zero-order valence-corrected chi connectivity index (χ0v) is 17.2. The van der Waals surface area contributed by atoms with Crippen LogP contribution >= 0.6 is 11.6 Å². The molecule has 2 aliphatic rings. The van der Waals surface area contributed by atoms with E-state index in [9.17, 15) is 10.2 Å². The van der Waals surface area contributed by atoms with Crippen LogP contribution in [-0.2, 0) is 4.74 Å². The molecule has 2 fully saturated rings. The highest BCUT2D eigenvalue weighted by Gasteiger charge is 2.57. The molecule has 1 saturated heterocycles. The summed E-state index contributed by atoms with van der Waals surface area (Å²) in [7, 11) is 0. The zero-order valence-electron chi connectivity index (χ0n) is 16.5. The SMILES string of the molecule is Nc1ncnc2c1ccn2C1CC2(COC(c3ccn4c(Cl)cnc4c3)C2)C(O)C1O. The van der Waals surface area contributed by atoms with Gasteiger partial charge in [0.15, 0.2) is 0 Å². The molecule has 5 heterocycles. The van der Waals surface area contributed by atoms with E-state index in [1.165, 1.54) is 6.33 Å². The van der Waals surface area contributed by atoms with E-state index in [1.807, 2.05) is 35.2 Å². The number of aromatic nitrogens is 5. The lowest BCUT2D eigenvalue weighted by Crippen LogP contribution is -2.37. The lowest BCUT2D eigenvalue weighted by atomic mass is 9.80. The molecule has 1 aliphatic carbocycles. The molecule has 31 heavy (non-hydrogen) atoms. The number of rotatable bonds is 2. The van der Waals surface area contributed by atoms with E-state index in [0.717, 1.165) is 16.6 Å². The van der Waals surface area contributed by atoms with Crippen LogP contribution in [0.1, 0.15) is 30.6 Å². The summed E-state index contributed by atoms with van der Waals surface area (Å²) < 4.78 is 9.81. The van der Waals surface area contributed by atoms with E-state index in [-0.39, 0.29) is 12.1 Å². The summed E-state index contributed by atoms with van der Waals surface area (Å²) >= 11 is 6.12. The molecule has 0 radical (unpaired) electrons. The molecule has 5 atom stereocenters. The van der Waals surface area contributed by atoms with Gasteiger partial charge < -0.3 is 25.3 Å². The largest absolute Gasteiger partial charge is 0.390 e. The third-order valence-corrected chi connectivity index (χ3v) is 7.17. The van der Waals surface area contributed by atoms with Crippen LogP contribution in [0.5, 0.6) is 0 Å². The molecule has 1 saturated carbocycles. The Morgan fingerprint density at radius 3 is 2.90 bits per heavy atom. The summed E-state index contributed by atoms with van der Waals surface area (Å²) in [5.41, 5.74) is 7.78. The predicted molar refractivity (Wildman–Crippen MR) is 114 cm³/mol. The smallest absolute Gasteiger partial charge is 0.145 e. The molecule has 10 heteroatoms. The minimum atomic E-state index is -0.942. The molecule has 9 nitrogen and oxygen atoms in total. The Morgan fingerprint density at radius 1 is 1.16 bits per heavy atom. The van der Waals surface area contributed by atoms with Crippen molar-refractivity contribution in [1.82, 2.24) is 23.9 Å². The summed E-state index contributed by atoms with van der Waals surface area (Å²) in [4.78, 5) is 12.7. The Hall–Kier alpha value is -2.72. The second kappa shape index (κ2) is 6.64. The Labute approximate surface area is 182 Å². The molecule has 160 valence electrons. The van der Waals surface area contributed by atoms with Crippen molar-refractivity contribution in [2.24, 2.45) is 5.41 Å². The number of nitrogen functional groups attached to an aromatic ring is 1. The summed E-state index contributed by atoms with van der Waals surface area (Å²) in [6.07, 6.45) is 5.85. The van der Waals surface area contributed by atoms with Crippen molar-refractivity contribution in [3.63, 3.8) is 0 Å². The fourth-order valence-electron chi connectivity index (χ4n) is 5.23. The van der Waals surface area contributed by atoms with Gasteiger partial charge in [-0.15, -0.1) is 0 Å². The normalized spacial score (nSPS) is 30.8. The number of imidazole rings is 1.